The number of hydrogen-bond donors (Lipinski definition) is 1. The summed E-state index contributed by atoms with van der Waals surface area (Å²) >= 11 is 0. The summed E-state index contributed by atoms with van der Waals surface area (Å²) in [7, 11) is 0. The maximum absolute atomic E-state index is 13.1. The molecule has 0 spiro atoms. The highest BCUT2D eigenvalue weighted by atomic mass is 19.4. The number of carbonyl (C=O) groups is 2. The van der Waals surface area contributed by atoms with Crippen molar-refractivity contribution >= 4 is 11.8 Å². The second kappa shape index (κ2) is 9.61. The predicted molar refractivity (Wildman–Crippen MR) is 110 cm³/mol. The molecule has 2 amide bonds. The van der Waals surface area contributed by atoms with Gasteiger partial charge in [-0.15, -0.1) is 0 Å². The van der Waals surface area contributed by atoms with E-state index in [1.807, 2.05) is 0 Å². The van der Waals surface area contributed by atoms with Crippen molar-refractivity contribution in [3.8, 4) is 0 Å². The fourth-order valence-electron chi connectivity index (χ4n) is 5.11. The molecule has 1 aromatic carbocycles. The molecule has 194 valence electrons. The first kappa shape index (κ1) is 25.7. The first-order valence-electron chi connectivity index (χ1n) is 11.5. The Morgan fingerprint density at radius 1 is 1.00 bits per heavy atom. The monoisotopic (exact) mass is 508 g/mol. The third kappa shape index (κ3) is 5.91. The van der Waals surface area contributed by atoms with Crippen molar-refractivity contribution < 1.29 is 45.8 Å². The van der Waals surface area contributed by atoms with Gasteiger partial charge < -0.3 is 19.6 Å². The number of fused-ring (bicyclic) bond motifs is 1. The SMILES string of the molecule is O=C(C1CC(=O)N2CC(OCc3cc(C(F)(F)F)cc(C(F)(F)F)c3)CC2C1)N1CCC(O)CC1. The Balaban J connectivity index is 1.38. The number of alkyl halides is 6. The van der Waals surface area contributed by atoms with E-state index in [0.717, 1.165) is 0 Å². The van der Waals surface area contributed by atoms with Crippen molar-refractivity contribution in [2.45, 2.75) is 69.3 Å². The maximum Gasteiger partial charge on any atom is 0.416 e. The van der Waals surface area contributed by atoms with Gasteiger partial charge >= 0.3 is 12.4 Å². The third-order valence-electron chi connectivity index (χ3n) is 6.93. The minimum Gasteiger partial charge on any atom is -0.393 e. The molecule has 0 bridgehead atoms. The molecule has 3 atom stereocenters. The first-order valence-corrected chi connectivity index (χ1v) is 11.5. The van der Waals surface area contributed by atoms with Crippen molar-refractivity contribution in [2.75, 3.05) is 19.6 Å². The minimum absolute atomic E-state index is 0.0453. The van der Waals surface area contributed by atoms with Gasteiger partial charge in [0.05, 0.1) is 29.9 Å². The summed E-state index contributed by atoms with van der Waals surface area (Å²) < 4.78 is 84.1. The highest BCUT2D eigenvalue weighted by molar-refractivity contribution is 5.87. The number of aliphatic hydroxyl groups is 1. The van der Waals surface area contributed by atoms with E-state index >= 15 is 0 Å². The maximum atomic E-state index is 13.1. The third-order valence-corrected chi connectivity index (χ3v) is 6.93. The zero-order chi connectivity index (χ0) is 25.5. The van der Waals surface area contributed by atoms with Gasteiger partial charge in [0.1, 0.15) is 0 Å². The van der Waals surface area contributed by atoms with Crippen LogP contribution in [0.25, 0.3) is 0 Å². The highest BCUT2D eigenvalue weighted by Gasteiger charge is 2.44. The first-order chi connectivity index (χ1) is 16.3. The van der Waals surface area contributed by atoms with Gasteiger partial charge in [0.2, 0.25) is 11.8 Å². The number of carbonyl (C=O) groups excluding carboxylic acids is 2. The fraction of sp³-hybridized carbons (Fsp3) is 0.652. The summed E-state index contributed by atoms with van der Waals surface area (Å²) in [6.45, 7) is 0.569. The van der Waals surface area contributed by atoms with Gasteiger partial charge in [0, 0.05) is 38.0 Å². The molecule has 3 heterocycles. The summed E-state index contributed by atoms with van der Waals surface area (Å²) in [5, 5.41) is 9.63. The lowest BCUT2D eigenvalue weighted by Gasteiger charge is -2.37. The molecule has 6 nitrogen and oxygen atoms in total. The minimum atomic E-state index is -4.94. The van der Waals surface area contributed by atoms with Gasteiger partial charge in [-0.2, -0.15) is 26.3 Å². The summed E-state index contributed by atoms with van der Waals surface area (Å²) in [5.41, 5.74) is -3.07. The molecule has 1 N–H and O–H groups in total. The molecule has 1 aromatic rings. The van der Waals surface area contributed by atoms with Crippen LogP contribution in [0, 0.1) is 5.92 Å². The van der Waals surface area contributed by atoms with Gasteiger partial charge in [0.15, 0.2) is 0 Å². The van der Waals surface area contributed by atoms with E-state index in [0.29, 0.717) is 50.9 Å². The Morgan fingerprint density at radius 2 is 1.60 bits per heavy atom. The number of benzene rings is 1. The predicted octanol–water partition coefficient (Wildman–Crippen LogP) is 3.60. The molecule has 0 radical (unpaired) electrons. The molecular weight excluding hydrogens is 482 g/mol. The van der Waals surface area contributed by atoms with Crippen LogP contribution in [0.4, 0.5) is 26.3 Å². The number of likely N-dealkylation sites (tertiary alicyclic amines) is 1. The Labute approximate surface area is 197 Å². The smallest absolute Gasteiger partial charge is 0.393 e. The number of nitrogens with zero attached hydrogens (tertiary/aromatic N) is 2. The molecular formula is C23H26F6N2O4. The number of aliphatic hydroxyl groups excluding tert-OH is 1. The largest absolute Gasteiger partial charge is 0.416 e. The average Bonchev–Trinajstić information content (AvgIpc) is 3.20. The van der Waals surface area contributed by atoms with E-state index in [1.165, 1.54) is 0 Å². The summed E-state index contributed by atoms with van der Waals surface area (Å²) in [5.74, 6) is -0.838. The van der Waals surface area contributed by atoms with Gasteiger partial charge in [0.25, 0.3) is 0 Å². The molecule has 4 rings (SSSR count). The van der Waals surface area contributed by atoms with Crippen LogP contribution in [0.3, 0.4) is 0 Å². The van der Waals surface area contributed by atoms with Crippen molar-refractivity contribution in [1.82, 2.24) is 9.80 Å². The Kier molecular flexibility index (Phi) is 7.07. The quantitative estimate of drug-likeness (QED) is 0.632. The van der Waals surface area contributed by atoms with E-state index in [9.17, 15) is 41.0 Å². The zero-order valence-corrected chi connectivity index (χ0v) is 18.7. The van der Waals surface area contributed by atoms with Crippen LogP contribution in [-0.4, -0.2) is 64.6 Å². The normalized spacial score (nSPS) is 26.3. The topological polar surface area (TPSA) is 70.1 Å². The standard InChI is InChI=1S/C23H26F6N2O4/c24-22(25,26)15-5-13(6-16(9-15)23(27,28)29)12-35-19-10-17-7-14(8-20(33)31(17)11-19)21(34)30-3-1-18(32)2-4-30/h5-6,9,14,17-19,32H,1-4,7-8,10-12H2. The number of ether oxygens (including phenoxy) is 1. The number of halogens is 6. The molecule has 0 saturated carbocycles. The fourth-order valence-corrected chi connectivity index (χ4v) is 5.11. The van der Waals surface area contributed by atoms with Crippen molar-refractivity contribution in [2.24, 2.45) is 5.92 Å². The van der Waals surface area contributed by atoms with E-state index in [2.05, 4.69) is 0 Å². The lowest BCUT2D eigenvalue weighted by Crippen LogP contribution is -2.49. The number of amides is 2. The van der Waals surface area contributed by atoms with Gasteiger partial charge in [-0.1, -0.05) is 0 Å². The molecule has 3 unspecified atom stereocenters. The molecule has 3 aliphatic rings. The molecule has 12 heteroatoms. The van der Waals surface area contributed by atoms with Gasteiger partial charge in [-0.25, -0.2) is 0 Å². The summed E-state index contributed by atoms with van der Waals surface area (Å²) in [4.78, 5) is 28.8. The van der Waals surface area contributed by atoms with Crippen molar-refractivity contribution in [3.05, 3.63) is 34.9 Å². The van der Waals surface area contributed by atoms with E-state index in [4.69, 9.17) is 4.74 Å². The molecule has 3 saturated heterocycles. The molecule has 0 aliphatic carbocycles. The lowest BCUT2D eigenvalue weighted by atomic mass is 9.88. The van der Waals surface area contributed by atoms with E-state index < -0.39 is 48.2 Å². The van der Waals surface area contributed by atoms with E-state index in [1.54, 1.807) is 9.80 Å². The average molecular weight is 508 g/mol. The zero-order valence-electron chi connectivity index (χ0n) is 18.7. The van der Waals surface area contributed by atoms with Crippen LogP contribution in [0.2, 0.25) is 0 Å². The van der Waals surface area contributed by atoms with Crippen LogP contribution < -0.4 is 0 Å². The second-order valence-corrected chi connectivity index (χ2v) is 9.48. The summed E-state index contributed by atoms with van der Waals surface area (Å²) in [6, 6.07) is 1.05. The molecule has 35 heavy (non-hydrogen) atoms. The molecule has 0 aromatic heterocycles. The van der Waals surface area contributed by atoms with Crippen molar-refractivity contribution in [1.29, 1.82) is 0 Å². The Bertz CT molecular complexity index is 926. The summed E-state index contributed by atoms with van der Waals surface area (Å²) in [6.07, 6.45) is -9.08. The number of hydrogen-bond acceptors (Lipinski definition) is 4. The second-order valence-electron chi connectivity index (χ2n) is 9.48. The lowest BCUT2D eigenvalue weighted by molar-refractivity contribution is -0.147. The number of rotatable bonds is 4. The Hall–Kier alpha value is -2.34. The van der Waals surface area contributed by atoms with Crippen molar-refractivity contribution in [3.63, 3.8) is 0 Å². The molecule has 3 aliphatic heterocycles. The number of piperidine rings is 2. The van der Waals surface area contributed by atoms with Crippen LogP contribution in [0.15, 0.2) is 18.2 Å². The Morgan fingerprint density at radius 3 is 2.17 bits per heavy atom. The van der Waals surface area contributed by atoms with Gasteiger partial charge in [-0.05, 0) is 49.4 Å². The molecule has 3 fully saturated rings. The highest BCUT2D eigenvalue weighted by Crippen LogP contribution is 2.37. The van der Waals surface area contributed by atoms with E-state index in [-0.39, 0.29) is 42.5 Å². The van der Waals surface area contributed by atoms with Crippen LogP contribution in [0.1, 0.15) is 48.8 Å². The van der Waals surface area contributed by atoms with Crippen LogP contribution in [-0.2, 0) is 33.3 Å². The van der Waals surface area contributed by atoms with Gasteiger partial charge in [-0.3, -0.25) is 9.59 Å². The van der Waals surface area contributed by atoms with Crippen LogP contribution in [0.5, 0.6) is 0 Å². The van der Waals surface area contributed by atoms with Crippen LogP contribution >= 0.6 is 0 Å².